The second kappa shape index (κ2) is 9.54. The second-order valence-corrected chi connectivity index (χ2v) is 9.78. The van der Waals surface area contributed by atoms with E-state index in [4.69, 9.17) is 9.47 Å². The number of benzene rings is 1. The zero-order valence-corrected chi connectivity index (χ0v) is 19.8. The maximum atomic E-state index is 13.3. The highest BCUT2D eigenvalue weighted by Gasteiger charge is 2.64. The number of carbonyl (C=O) groups is 5. The SMILES string of the molecule is CC(=O)COCCOc1ccc(N2C(=O)CC3(CCC(=O)N(C(=O)O)C3=O)C2C(C)(C)C)cc1. The number of carbonyl (C=O) groups excluding carboxylic acids is 4. The molecule has 0 aliphatic carbocycles. The zero-order chi connectivity index (χ0) is 25.3. The van der Waals surface area contributed by atoms with Gasteiger partial charge in [-0.2, -0.15) is 4.90 Å². The number of anilines is 1. The van der Waals surface area contributed by atoms with Crippen molar-refractivity contribution in [3.63, 3.8) is 0 Å². The fraction of sp³-hybridized carbons (Fsp3) is 0.542. The minimum absolute atomic E-state index is 0.0267. The quantitative estimate of drug-likeness (QED) is 0.471. The molecular weight excluding hydrogens is 444 g/mol. The average molecular weight is 475 g/mol. The lowest BCUT2D eigenvalue weighted by molar-refractivity contribution is -0.156. The molecule has 34 heavy (non-hydrogen) atoms. The topological polar surface area (TPSA) is 131 Å². The van der Waals surface area contributed by atoms with Crippen molar-refractivity contribution >= 4 is 35.3 Å². The van der Waals surface area contributed by atoms with E-state index in [0.29, 0.717) is 11.4 Å². The van der Waals surface area contributed by atoms with Gasteiger partial charge < -0.3 is 19.5 Å². The molecule has 2 aliphatic heterocycles. The first-order valence-electron chi connectivity index (χ1n) is 11.1. The summed E-state index contributed by atoms with van der Waals surface area (Å²) in [5.74, 6) is -1.44. The lowest BCUT2D eigenvalue weighted by Crippen LogP contribution is -2.61. The van der Waals surface area contributed by atoms with E-state index < -0.39 is 34.8 Å². The van der Waals surface area contributed by atoms with Gasteiger partial charge in [0.05, 0.1) is 18.1 Å². The van der Waals surface area contributed by atoms with E-state index in [1.54, 1.807) is 29.2 Å². The molecule has 2 heterocycles. The molecule has 184 valence electrons. The molecule has 10 heteroatoms. The van der Waals surface area contributed by atoms with Crippen LogP contribution in [0.5, 0.6) is 5.75 Å². The third-order valence-corrected chi connectivity index (χ3v) is 6.11. The van der Waals surface area contributed by atoms with Gasteiger partial charge in [0.2, 0.25) is 17.7 Å². The van der Waals surface area contributed by atoms with Crippen molar-refractivity contribution < 1.29 is 38.6 Å². The molecule has 0 bridgehead atoms. The molecule has 10 nitrogen and oxygen atoms in total. The number of imide groups is 3. The third kappa shape index (κ3) is 4.82. The van der Waals surface area contributed by atoms with Crippen molar-refractivity contribution in [3.05, 3.63) is 24.3 Å². The average Bonchev–Trinajstić information content (AvgIpc) is 3.04. The van der Waals surface area contributed by atoms with E-state index in [2.05, 4.69) is 0 Å². The van der Waals surface area contributed by atoms with Crippen molar-refractivity contribution in [2.75, 3.05) is 24.7 Å². The summed E-state index contributed by atoms with van der Waals surface area (Å²) < 4.78 is 10.8. The Morgan fingerprint density at radius 3 is 2.29 bits per heavy atom. The number of piperidine rings is 1. The minimum atomic E-state index is -1.62. The van der Waals surface area contributed by atoms with E-state index >= 15 is 0 Å². The summed E-state index contributed by atoms with van der Waals surface area (Å²) in [6.45, 7) is 7.62. The number of ketones is 1. The second-order valence-electron chi connectivity index (χ2n) is 9.78. The lowest BCUT2D eigenvalue weighted by Gasteiger charge is -2.46. The van der Waals surface area contributed by atoms with Gasteiger partial charge in [0.1, 0.15) is 19.0 Å². The number of rotatable bonds is 7. The number of carboxylic acid groups (broad SMARTS) is 1. The van der Waals surface area contributed by atoms with Crippen LogP contribution in [0.25, 0.3) is 0 Å². The third-order valence-electron chi connectivity index (χ3n) is 6.11. The lowest BCUT2D eigenvalue weighted by atomic mass is 9.64. The summed E-state index contributed by atoms with van der Waals surface area (Å²) in [6, 6.07) is 6.13. The molecule has 1 N–H and O–H groups in total. The summed E-state index contributed by atoms with van der Waals surface area (Å²) in [4.78, 5) is 63.1. The number of hydrogen-bond acceptors (Lipinski definition) is 7. The normalized spacial score (nSPS) is 23.1. The Hall–Kier alpha value is -3.27. The smallest absolute Gasteiger partial charge is 0.421 e. The number of likely N-dealkylation sites (tertiary alicyclic amines) is 1. The molecule has 2 atom stereocenters. The van der Waals surface area contributed by atoms with E-state index in [1.807, 2.05) is 20.8 Å². The van der Waals surface area contributed by atoms with Gasteiger partial charge in [0.15, 0.2) is 5.78 Å². The molecule has 1 spiro atoms. The molecule has 1 aromatic carbocycles. The molecule has 2 aliphatic rings. The number of hydrogen-bond donors (Lipinski definition) is 1. The maximum Gasteiger partial charge on any atom is 0.421 e. The summed E-state index contributed by atoms with van der Waals surface area (Å²) in [5, 5.41) is 9.47. The molecule has 2 unspecified atom stereocenters. The molecule has 2 fully saturated rings. The maximum absolute atomic E-state index is 13.3. The van der Waals surface area contributed by atoms with Gasteiger partial charge in [0, 0.05) is 18.5 Å². The van der Waals surface area contributed by atoms with Crippen LogP contribution in [0.15, 0.2) is 24.3 Å². The molecular formula is C24H30N2O8. The van der Waals surface area contributed by atoms with E-state index in [0.717, 1.165) is 0 Å². The fourth-order valence-corrected chi connectivity index (χ4v) is 4.99. The molecule has 0 aromatic heterocycles. The van der Waals surface area contributed by atoms with Crippen LogP contribution in [0.3, 0.4) is 0 Å². The Balaban J connectivity index is 1.85. The van der Waals surface area contributed by atoms with Crippen LogP contribution in [0.1, 0.15) is 47.0 Å². The number of Topliss-reactive ketones (excluding diaryl/α,β-unsaturated/α-hetero) is 1. The van der Waals surface area contributed by atoms with Gasteiger partial charge in [-0.05, 0) is 43.0 Å². The summed E-state index contributed by atoms with van der Waals surface area (Å²) >= 11 is 0. The van der Waals surface area contributed by atoms with Crippen molar-refractivity contribution in [2.24, 2.45) is 10.8 Å². The van der Waals surface area contributed by atoms with Gasteiger partial charge in [-0.1, -0.05) is 20.8 Å². The van der Waals surface area contributed by atoms with E-state index in [9.17, 15) is 29.1 Å². The molecule has 3 rings (SSSR count). The van der Waals surface area contributed by atoms with Crippen LogP contribution in [0.2, 0.25) is 0 Å². The predicted molar refractivity (Wildman–Crippen MR) is 120 cm³/mol. The molecule has 0 radical (unpaired) electrons. The highest BCUT2D eigenvalue weighted by atomic mass is 16.5. The summed E-state index contributed by atoms with van der Waals surface area (Å²) in [6.07, 6.45) is -1.80. The first-order chi connectivity index (χ1) is 15.9. The monoisotopic (exact) mass is 474 g/mol. The highest BCUT2D eigenvalue weighted by Crippen LogP contribution is 2.53. The Morgan fingerprint density at radius 2 is 1.74 bits per heavy atom. The Morgan fingerprint density at radius 1 is 1.09 bits per heavy atom. The van der Waals surface area contributed by atoms with Gasteiger partial charge >= 0.3 is 6.09 Å². The highest BCUT2D eigenvalue weighted by molar-refractivity contribution is 6.15. The van der Waals surface area contributed by atoms with Crippen LogP contribution < -0.4 is 9.64 Å². The first kappa shape index (κ1) is 25.4. The van der Waals surface area contributed by atoms with Crippen LogP contribution in [0.4, 0.5) is 10.5 Å². The van der Waals surface area contributed by atoms with Crippen LogP contribution >= 0.6 is 0 Å². The standard InChI is InChI=1S/C24H30N2O8/c1-15(27)14-33-11-12-34-17-7-5-16(6-8-17)25-19(29)13-24(20(25)23(2,3)4)10-9-18(28)26(21(24)30)22(31)32/h5-8,20H,9-14H2,1-4H3,(H,31,32). The molecule has 4 amide bonds. The van der Waals surface area contributed by atoms with E-state index in [1.165, 1.54) is 6.92 Å². The molecule has 2 saturated heterocycles. The van der Waals surface area contributed by atoms with Gasteiger partial charge in [0.25, 0.3) is 0 Å². The van der Waals surface area contributed by atoms with Crippen LogP contribution in [-0.2, 0) is 23.9 Å². The first-order valence-corrected chi connectivity index (χ1v) is 11.1. The zero-order valence-electron chi connectivity index (χ0n) is 19.8. The predicted octanol–water partition coefficient (Wildman–Crippen LogP) is 2.64. The van der Waals surface area contributed by atoms with Gasteiger partial charge in [-0.25, -0.2) is 4.79 Å². The van der Waals surface area contributed by atoms with Gasteiger partial charge in [-0.15, -0.1) is 0 Å². The number of ether oxygens (including phenoxy) is 2. The molecule has 1 aromatic rings. The van der Waals surface area contributed by atoms with Crippen molar-refractivity contribution in [2.45, 2.75) is 53.0 Å². The van der Waals surface area contributed by atoms with Crippen LogP contribution in [0, 0.1) is 10.8 Å². The minimum Gasteiger partial charge on any atom is -0.491 e. The molecule has 0 saturated carbocycles. The largest absolute Gasteiger partial charge is 0.491 e. The van der Waals surface area contributed by atoms with Crippen LogP contribution in [-0.4, -0.2) is 65.5 Å². The Kier molecular flexibility index (Phi) is 7.11. The number of amides is 4. The van der Waals surface area contributed by atoms with Crippen molar-refractivity contribution in [3.8, 4) is 5.75 Å². The van der Waals surface area contributed by atoms with Crippen molar-refractivity contribution in [1.82, 2.24) is 4.90 Å². The van der Waals surface area contributed by atoms with E-state index in [-0.39, 0.29) is 55.7 Å². The van der Waals surface area contributed by atoms with Gasteiger partial charge in [-0.3, -0.25) is 19.2 Å². The number of nitrogens with zero attached hydrogens (tertiary/aromatic N) is 2. The Labute approximate surface area is 197 Å². The fourth-order valence-electron chi connectivity index (χ4n) is 4.99. The Bertz CT molecular complexity index is 997. The van der Waals surface area contributed by atoms with Crippen molar-refractivity contribution in [1.29, 1.82) is 0 Å². The summed E-state index contributed by atoms with van der Waals surface area (Å²) in [5.41, 5.74) is -1.35. The summed E-state index contributed by atoms with van der Waals surface area (Å²) in [7, 11) is 0.